The van der Waals surface area contributed by atoms with E-state index in [1.54, 1.807) is 14.2 Å². The number of methoxy groups -OCH3 is 2. The Balaban J connectivity index is 1.29. The van der Waals surface area contributed by atoms with Crippen molar-refractivity contribution in [2.75, 3.05) is 32.2 Å². The molecule has 1 aromatic heterocycles. The molecule has 8 nitrogen and oxygen atoms in total. The van der Waals surface area contributed by atoms with Gasteiger partial charge in [-0.25, -0.2) is 9.97 Å². The summed E-state index contributed by atoms with van der Waals surface area (Å²) in [6.07, 6.45) is 4.03. The maximum Gasteiger partial charge on any atom is 0.224 e. The molecule has 1 aliphatic rings. The molecule has 0 unspecified atom stereocenters. The number of rotatable bonds is 9. The van der Waals surface area contributed by atoms with E-state index in [2.05, 4.69) is 39.2 Å². The molecule has 1 aliphatic heterocycles. The third-order valence-corrected chi connectivity index (χ3v) is 6.29. The van der Waals surface area contributed by atoms with Crippen molar-refractivity contribution < 1.29 is 19.0 Å². The fourth-order valence-corrected chi connectivity index (χ4v) is 4.17. The van der Waals surface area contributed by atoms with Gasteiger partial charge in [0, 0.05) is 31.6 Å². The molecule has 0 spiro atoms. The summed E-state index contributed by atoms with van der Waals surface area (Å²) in [4.78, 5) is 23.6. The standard InChI is InChI=1S/C27H32N4O4/c1-4-19-5-8-22(9-6-19)35-26-16-25(29-18-30-26)31-13-11-21(12-14-31)27(32)28-17-20-7-10-23(33-2)24(15-20)34-3/h5-10,15-16,18,21H,4,11-14,17H2,1-3H3,(H,28,32). The molecule has 1 amide bonds. The second-order valence-corrected chi connectivity index (χ2v) is 8.48. The minimum absolute atomic E-state index is 0.0268. The van der Waals surface area contributed by atoms with Crippen molar-refractivity contribution in [2.24, 2.45) is 5.92 Å². The van der Waals surface area contributed by atoms with Gasteiger partial charge >= 0.3 is 0 Å². The number of aromatic nitrogens is 2. The van der Waals surface area contributed by atoms with Crippen LogP contribution in [0.4, 0.5) is 5.82 Å². The van der Waals surface area contributed by atoms with Gasteiger partial charge in [0.05, 0.1) is 14.2 Å². The van der Waals surface area contributed by atoms with E-state index in [0.717, 1.165) is 49.5 Å². The third kappa shape index (κ3) is 6.20. The van der Waals surface area contributed by atoms with E-state index in [1.807, 2.05) is 36.4 Å². The van der Waals surface area contributed by atoms with Crippen LogP contribution in [0.3, 0.4) is 0 Å². The number of carbonyl (C=O) groups excluding carboxylic acids is 1. The second kappa shape index (κ2) is 11.6. The summed E-state index contributed by atoms with van der Waals surface area (Å²) in [5.41, 5.74) is 2.22. The maximum atomic E-state index is 12.8. The summed E-state index contributed by atoms with van der Waals surface area (Å²) in [7, 11) is 3.20. The second-order valence-electron chi connectivity index (χ2n) is 8.48. The lowest BCUT2D eigenvalue weighted by Gasteiger charge is -2.32. The number of hydrogen-bond acceptors (Lipinski definition) is 7. The number of amides is 1. The van der Waals surface area contributed by atoms with Crippen LogP contribution in [0.25, 0.3) is 0 Å². The molecule has 184 valence electrons. The van der Waals surface area contributed by atoms with Gasteiger partial charge in [0.1, 0.15) is 17.9 Å². The first-order valence-electron chi connectivity index (χ1n) is 11.9. The molecule has 1 fully saturated rings. The molecular formula is C27H32N4O4. The van der Waals surface area contributed by atoms with Gasteiger partial charge in [0.15, 0.2) is 11.5 Å². The normalized spacial score (nSPS) is 13.9. The topological polar surface area (TPSA) is 85.8 Å². The molecule has 3 aromatic rings. The number of ether oxygens (including phenoxy) is 3. The SMILES string of the molecule is CCc1ccc(Oc2cc(N3CCC(C(=O)NCc4ccc(OC)c(OC)c4)CC3)ncn2)cc1. The predicted octanol–water partition coefficient (Wildman–Crippen LogP) is 4.38. The van der Waals surface area contributed by atoms with Crippen LogP contribution in [0.15, 0.2) is 54.9 Å². The Hall–Kier alpha value is -3.81. The fraction of sp³-hybridized carbons (Fsp3) is 0.370. The van der Waals surface area contributed by atoms with E-state index in [4.69, 9.17) is 14.2 Å². The summed E-state index contributed by atoms with van der Waals surface area (Å²) >= 11 is 0. The van der Waals surface area contributed by atoms with Gasteiger partial charge in [-0.3, -0.25) is 4.79 Å². The van der Waals surface area contributed by atoms with Crippen LogP contribution in [-0.4, -0.2) is 43.2 Å². The van der Waals surface area contributed by atoms with Crippen LogP contribution >= 0.6 is 0 Å². The smallest absolute Gasteiger partial charge is 0.224 e. The minimum Gasteiger partial charge on any atom is -0.493 e. The van der Waals surface area contributed by atoms with Gasteiger partial charge in [-0.15, -0.1) is 0 Å². The first-order chi connectivity index (χ1) is 17.1. The zero-order valence-corrected chi connectivity index (χ0v) is 20.5. The van der Waals surface area contributed by atoms with Gasteiger partial charge in [0.2, 0.25) is 11.8 Å². The highest BCUT2D eigenvalue weighted by molar-refractivity contribution is 5.79. The van der Waals surface area contributed by atoms with Crippen molar-refractivity contribution in [1.82, 2.24) is 15.3 Å². The highest BCUT2D eigenvalue weighted by Gasteiger charge is 2.26. The van der Waals surface area contributed by atoms with Gasteiger partial charge in [-0.2, -0.15) is 0 Å². The van der Waals surface area contributed by atoms with Crippen LogP contribution in [0.5, 0.6) is 23.1 Å². The lowest BCUT2D eigenvalue weighted by Crippen LogP contribution is -2.40. The minimum atomic E-state index is -0.0268. The van der Waals surface area contributed by atoms with Gasteiger partial charge in [0.25, 0.3) is 0 Å². The first-order valence-corrected chi connectivity index (χ1v) is 11.9. The van der Waals surface area contributed by atoms with Crippen molar-refractivity contribution in [3.8, 4) is 23.1 Å². The summed E-state index contributed by atoms with van der Waals surface area (Å²) < 4.78 is 16.5. The molecule has 2 aromatic carbocycles. The number of benzene rings is 2. The van der Waals surface area contributed by atoms with Gasteiger partial charge in [-0.1, -0.05) is 25.1 Å². The van der Waals surface area contributed by atoms with Gasteiger partial charge < -0.3 is 24.4 Å². The van der Waals surface area contributed by atoms with Crippen molar-refractivity contribution in [3.63, 3.8) is 0 Å². The molecule has 35 heavy (non-hydrogen) atoms. The highest BCUT2D eigenvalue weighted by atomic mass is 16.5. The molecule has 0 aliphatic carbocycles. The van der Waals surface area contributed by atoms with Crippen LogP contribution in [-0.2, 0) is 17.8 Å². The molecule has 0 radical (unpaired) electrons. The molecular weight excluding hydrogens is 444 g/mol. The average molecular weight is 477 g/mol. The number of nitrogens with one attached hydrogen (secondary N) is 1. The van der Waals surface area contributed by atoms with E-state index in [9.17, 15) is 4.79 Å². The zero-order valence-electron chi connectivity index (χ0n) is 20.5. The largest absolute Gasteiger partial charge is 0.493 e. The summed E-state index contributed by atoms with van der Waals surface area (Å²) in [6, 6.07) is 15.5. The van der Waals surface area contributed by atoms with E-state index in [0.29, 0.717) is 23.9 Å². The first kappa shape index (κ1) is 24.3. The number of nitrogens with zero attached hydrogens (tertiary/aromatic N) is 3. The summed E-state index contributed by atoms with van der Waals surface area (Å²) in [6.45, 7) is 4.06. The Morgan fingerprint density at radius 3 is 2.37 bits per heavy atom. The molecule has 0 bridgehead atoms. The monoisotopic (exact) mass is 476 g/mol. The Morgan fingerprint density at radius 1 is 0.971 bits per heavy atom. The summed E-state index contributed by atoms with van der Waals surface area (Å²) in [5.74, 6) is 3.43. The van der Waals surface area contributed by atoms with Crippen molar-refractivity contribution >= 4 is 11.7 Å². The van der Waals surface area contributed by atoms with Crippen LogP contribution < -0.4 is 24.4 Å². The molecule has 1 saturated heterocycles. The van der Waals surface area contributed by atoms with Crippen molar-refractivity contribution in [2.45, 2.75) is 32.7 Å². The number of hydrogen-bond donors (Lipinski definition) is 1. The van der Waals surface area contributed by atoms with Crippen LogP contribution in [0.2, 0.25) is 0 Å². The number of piperidine rings is 1. The molecule has 4 rings (SSSR count). The Morgan fingerprint density at radius 2 is 1.69 bits per heavy atom. The number of anilines is 1. The van der Waals surface area contributed by atoms with E-state index >= 15 is 0 Å². The van der Waals surface area contributed by atoms with Crippen molar-refractivity contribution in [3.05, 3.63) is 66.0 Å². The van der Waals surface area contributed by atoms with Gasteiger partial charge in [-0.05, 0) is 54.7 Å². The molecule has 1 N–H and O–H groups in total. The Kier molecular flexibility index (Phi) is 8.03. The quantitative estimate of drug-likeness (QED) is 0.490. The number of aryl methyl sites for hydroxylation is 1. The van der Waals surface area contributed by atoms with Crippen LogP contribution in [0.1, 0.15) is 30.9 Å². The maximum absolute atomic E-state index is 12.8. The number of carbonyl (C=O) groups is 1. The predicted molar refractivity (Wildman–Crippen MR) is 134 cm³/mol. The van der Waals surface area contributed by atoms with E-state index in [1.165, 1.54) is 11.9 Å². The lowest BCUT2D eigenvalue weighted by molar-refractivity contribution is -0.125. The molecule has 0 saturated carbocycles. The Labute approximate surface area is 206 Å². The van der Waals surface area contributed by atoms with Crippen LogP contribution in [0, 0.1) is 5.92 Å². The average Bonchev–Trinajstić information content (AvgIpc) is 2.92. The molecule has 8 heteroatoms. The lowest BCUT2D eigenvalue weighted by atomic mass is 9.96. The highest BCUT2D eigenvalue weighted by Crippen LogP contribution is 2.28. The van der Waals surface area contributed by atoms with E-state index < -0.39 is 0 Å². The molecule has 2 heterocycles. The Bertz CT molecular complexity index is 1130. The fourth-order valence-electron chi connectivity index (χ4n) is 4.17. The zero-order chi connectivity index (χ0) is 24.6. The molecule has 0 atom stereocenters. The summed E-state index contributed by atoms with van der Waals surface area (Å²) in [5, 5.41) is 3.06. The third-order valence-electron chi connectivity index (χ3n) is 6.29. The van der Waals surface area contributed by atoms with E-state index in [-0.39, 0.29) is 11.8 Å². The van der Waals surface area contributed by atoms with Crippen molar-refractivity contribution in [1.29, 1.82) is 0 Å².